The summed E-state index contributed by atoms with van der Waals surface area (Å²) in [5.74, 6) is -0.0348. The van der Waals surface area contributed by atoms with E-state index in [1.165, 1.54) is 0 Å². The van der Waals surface area contributed by atoms with Gasteiger partial charge in [-0.05, 0) is 37.1 Å². The standard InChI is InChI=1S/C22H24N6O/c1-4-27-13-11-18(25-27)14-26(3)20(29)15-28-22-21(16(2)24-28)19(10-12-23-22)17-8-6-5-7-9-17/h5-13H,4,14-15H2,1-3H3. The summed E-state index contributed by atoms with van der Waals surface area (Å²) in [4.78, 5) is 19.0. The van der Waals surface area contributed by atoms with Crippen LogP contribution in [-0.4, -0.2) is 42.4 Å². The Morgan fingerprint density at radius 2 is 1.90 bits per heavy atom. The molecule has 0 aliphatic heterocycles. The number of fused-ring (bicyclic) bond motifs is 1. The first-order chi connectivity index (χ1) is 14.1. The predicted octanol–water partition coefficient (Wildman–Crippen LogP) is 3.28. The molecule has 0 aliphatic rings. The second-order valence-electron chi connectivity index (χ2n) is 7.08. The van der Waals surface area contributed by atoms with Crippen molar-refractivity contribution in [1.29, 1.82) is 0 Å². The Bertz CT molecular complexity index is 1140. The van der Waals surface area contributed by atoms with Crippen LogP contribution in [0.1, 0.15) is 18.3 Å². The molecule has 0 atom stereocenters. The zero-order chi connectivity index (χ0) is 20.4. The molecule has 0 saturated carbocycles. The fourth-order valence-corrected chi connectivity index (χ4v) is 3.49. The zero-order valence-corrected chi connectivity index (χ0v) is 16.9. The van der Waals surface area contributed by atoms with Crippen molar-refractivity contribution in [2.24, 2.45) is 0 Å². The van der Waals surface area contributed by atoms with Crippen molar-refractivity contribution >= 4 is 16.9 Å². The van der Waals surface area contributed by atoms with E-state index in [1.54, 1.807) is 22.8 Å². The van der Waals surface area contributed by atoms with Gasteiger partial charge in [0, 0.05) is 31.4 Å². The Labute approximate surface area is 169 Å². The van der Waals surface area contributed by atoms with E-state index < -0.39 is 0 Å². The lowest BCUT2D eigenvalue weighted by molar-refractivity contribution is -0.131. The monoisotopic (exact) mass is 388 g/mol. The van der Waals surface area contributed by atoms with Crippen LogP contribution in [0.2, 0.25) is 0 Å². The molecule has 1 amide bonds. The Morgan fingerprint density at radius 3 is 2.62 bits per heavy atom. The van der Waals surface area contributed by atoms with Crippen LogP contribution < -0.4 is 0 Å². The van der Waals surface area contributed by atoms with Crippen molar-refractivity contribution in [2.45, 2.75) is 33.5 Å². The molecular weight excluding hydrogens is 364 g/mol. The second kappa shape index (κ2) is 7.87. The molecule has 1 aromatic carbocycles. The third-order valence-corrected chi connectivity index (χ3v) is 5.02. The van der Waals surface area contributed by atoms with Gasteiger partial charge >= 0.3 is 0 Å². The highest BCUT2D eigenvalue weighted by molar-refractivity contribution is 5.95. The van der Waals surface area contributed by atoms with Crippen molar-refractivity contribution in [2.75, 3.05) is 7.05 Å². The van der Waals surface area contributed by atoms with Crippen molar-refractivity contribution in [3.8, 4) is 11.1 Å². The van der Waals surface area contributed by atoms with Gasteiger partial charge in [0.25, 0.3) is 0 Å². The first-order valence-electron chi connectivity index (χ1n) is 9.70. The van der Waals surface area contributed by atoms with Gasteiger partial charge in [-0.25, -0.2) is 9.67 Å². The van der Waals surface area contributed by atoms with Gasteiger partial charge in [-0.1, -0.05) is 30.3 Å². The van der Waals surface area contributed by atoms with Crippen LogP contribution >= 0.6 is 0 Å². The van der Waals surface area contributed by atoms with Gasteiger partial charge in [-0.2, -0.15) is 10.2 Å². The van der Waals surface area contributed by atoms with E-state index in [0.717, 1.165) is 40.1 Å². The number of aromatic nitrogens is 5. The number of rotatable bonds is 6. The average molecular weight is 388 g/mol. The number of likely N-dealkylation sites (N-methyl/N-ethyl adjacent to an activating group) is 1. The molecule has 3 heterocycles. The van der Waals surface area contributed by atoms with E-state index >= 15 is 0 Å². The summed E-state index contributed by atoms with van der Waals surface area (Å²) in [5, 5.41) is 10.0. The molecule has 148 valence electrons. The zero-order valence-electron chi connectivity index (χ0n) is 16.9. The Balaban J connectivity index is 1.59. The Kier molecular flexibility index (Phi) is 5.12. The topological polar surface area (TPSA) is 68.8 Å². The van der Waals surface area contributed by atoms with Gasteiger partial charge in [0.15, 0.2) is 5.65 Å². The van der Waals surface area contributed by atoms with Crippen LogP contribution in [0.4, 0.5) is 0 Å². The van der Waals surface area contributed by atoms with Gasteiger partial charge in [-0.3, -0.25) is 9.48 Å². The normalized spacial score (nSPS) is 11.1. The first kappa shape index (κ1) is 18.9. The predicted molar refractivity (Wildman–Crippen MR) is 112 cm³/mol. The molecule has 0 fully saturated rings. The maximum absolute atomic E-state index is 12.8. The van der Waals surface area contributed by atoms with Crippen LogP contribution in [0.25, 0.3) is 22.2 Å². The molecule has 3 aromatic heterocycles. The minimum atomic E-state index is -0.0348. The summed E-state index contributed by atoms with van der Waals surface area (Å²) in [6.45, 7) is 5.41. The molecule has 7 nitrogen and oxygen atoms in total. The number of carbonyl (C=O) groups is 1. The van der Waals surface area contributed by atoms with Crippen LogP contribution in [-0.2, 0) is 24.4 Å². The first-order valence-corrected chi connectivity index (χ1v) is 9.70. The third-order valence-electron chi connectivity index (χ3n) is 5.02. The molecule has 0 bridgehead atoms. The van der Waals surface area contributed by atoms with Crippen LogP contribution in [0.5, 0.6) is 0 Å². The molecular formula is C22H24N6O. The molecule has 4 aromatic rings. The lowest BCUT2D eigenvalue weighted by Gasteiger charge is -2.16. The van der Waals surface area contributed by atoms with Crippen LogP contribution in [0.15, 0.2) is 54.9 Å². The fraction of sp³-hybridized carbons (Fsp3) is 0.273. The molecule has 0 aliphatic carbocycles. The number of pyridine rings is 1. The molecule has 0 spiro atoms. The molecule has 7 heteroatoms. The number of carbonyl (C=O) groups excluding carboxylic acids is 1. The van der Waals surface area contributed by atoms with E-state index in [2.05, 4.69) is 27.3 Å². The number of hydrogen-bond acceptors (Lipinski definition) is 4. The van der Waals surface area contributed by atoms with Crippen LogP contribution in [0.3, 0.4) is 0 Å². The van der Waals surface area contributed by atoms with Gasteiger partial charge in [-0.15, -0.1) is 0 Å². The number of nitrogens with zero attached hydrogens (tertiary/aromatic N) is 6. The highest BCUT2D eigenvalue weighted by atomic mass is 16.2. The molecule has 0 N–H and O–H groups in total. The minimum Gasteiger partial charge on any atom is -0.338 e. The summed E-state index contributed by atoms with van der Waals surface area (Å²) in [6.07, 6.45) is 3.70. The Hall–Kier alpha value is -3.48. The smallest absolute Gasteiger partial charge is 0.244 e. The largest absolute Gasteiger partial charge is 0.338 e. The maximum atomic E-state index is 12.8. The number of amides is 1. The Morgan fingerprint density at radius 1 is 1.10 bits per heavy atom. The number of hydrogen-bond donors (Lipinski definition) is 0. The highest BCUT2D eigenvalue weighted by Gasteiger charge is 2.18. The van der Waals surface area contributed by atoms with Gasteiger partial charge in [0.2, 0.25) is 5.91 Å². The molecule has 4 rings (SSSR count). The van der Waals surface area contributed by atoms with Gasteiger partial charge in [0.05, 0.1) is 17.9 Å². The molecule has 0 unspecified atom stereocenters. The van der Waals surface area contributed by atoms with Crippen molar-refractivity contribution in [1.82, 2.24) is 29.4 Å². The lowest BCUT2D eigenvalue weighted by Crippen LogP contribution is -2.30. The summed E-state index contributed by atoms with van der Waals surface area (Å²) in [6, 6.07) is 14.1. The van der Waals surface area contributed by atoms with E-state index in [9.17, 15) is 4.79 Å². The highest BCUT2D eigenvalue weighted by Crippen LogP contribution is 2.29. The quantitative estimate of drug-likeness (QED) is 0.508. The fourth-order valence-electron chi connectivity index (χ4n) is 3.49. The SMILES string of the molecule is CCn1ccc(CN(C)C(=O)Cn2nc(C)c3c(-c4ccccc4)ccnc32)n1. The number of aryl methyl sites for hydroxylation is 2. The van der Waals surface area contributed by atoms with Crippen LogP contribution in [0, 0.1) is 6.92 Å². The van der Waals surface area contributed by atoms with Crippen molar-refractivity contribution in [3.63, 3.8) is 0 Å². The van der Waals surface area contributed by atoms with Crippen molar-refractivity contribution in [3.05, 3.63) is 66.2 Å². The van der Waals surface area contributed by atoms with E-state index in [4.69, 9.17) is 0 Å². The van der Waals surface area contributed by atoms with E-state index in [0.29, 0.717) is 6.54 Å². The average Bonchev–Trinajstić information content (AvgIpc) is 3.33. The van der Waals surface area contributed by atoms with E-state index in [1.807, 2.05) is 55.1 Å². The maximum Gasteiger partial charge on any atom is 0.244 e. The summed E-state index contributed by atoms with van der Waals surface area (Å²) in [5.41, 5.74) is 4.64. The summed E-state index contributed by atoms with van der Waals surface area (Å²) in [7, 11) is 1.79. The van der Waals surface area contributed by atoms with Gasteiger partial charge in [0.1, 0.15) is 6.54 Å². The second-order valence-corrected chi connectivity index (χ2v) is 7.08. The molecule has 0 radical (unpaired) electrons. The number of benzene rings is 1. The van der Waals surface area contributed by atoms with E-state index in [-0.39, 0.29) is 12.5 Å². The van der Waals surface area contributed by atoms with Gasteiger partial charge < -0.3 is 4.90 Å². The minimum absolute atomic E-state index is 0.0348. The molecule has 29 heavy (non-hydrogen) atoms. The summed E-state index contributed by atoms with van der Waals surface area (Å²) < 4.78 is 3.55. The third kappa shape index (κ3) is 3.76. The summed E-state index contributed by atoms with van der Waals surface area (Å²) >= 11 is 0. The lowest BCUT2D eigenvalue weighted by atomic mass is 10.0. The van der Waals surface area contributed by atoms with Crippen molar-refractivity contribution < 1.29 is 4.79 Å². The molecule has 0 saturated heterocycles.